The summed E-state index contributed by atoms with van der Waals surface area (Å²) < 4.78 is 18.2. The predicted octanol–water partition coefficient (Wildman–Crippen LogP) is 1.52. The topological polar surface area (TPSA) is 47.6 Å². The number of hydrogen-bond donors (Lipinski definition) is 1. The maximum absolute atomic E-state index is 13.3. The SMILES string of the molecule is CCONC(=O)c1c(F)cccc1OC. The Morgan fingerprint density at radius 2 is 2.27 bits per heavy atom. The third-order valence-electron chi connectivity index (χ3n) is 1.73. The molecule has 0 aliphatic rings. The van der Waals surface area contributed by atoms with Gasteiger partial charge in [-0.25, -0.2) is 9.87 Å². The number of hydroxylamine groups is 1. The minimum Gasteiger partial charge on any atom is -0.496 e. The van der Waals surface area contributed by atoms with Crippen LogP contribution in [0.3, 0.4) is 0 Å². The van der Waals surface area contributed by atoms with Gasteiger partial charge in [-0.2, -0.15) is 0 Å². The number of methoxy groups -OCH3 is 1. The Bertz CT molecular complexity index is 355. The molecule has 0 saturated carbocycles. The van der Waals surface area contributed by atoms with E-state index in [1.54, 1.807) is 6.92 Å². The largest absolute Gasteiger partial charge is 0.496 e. The average molecular weight is 213 g/mol. The van der Waals surface area contributed by atoms with Gasteiger partial charge in [-0.3, -0.25) is 9.63 Å². The molecule has 0 heterocycles. The monoisotopic (exact) mass is 213 g/mol. The van der Waals surface area contributed by atoms with Crippen molar-refractivity contribution < 1.29 is 18.8 Å². The lowest BCUT2D eigenvalue weighted by Crippen LogP contribution is -2.25. The summed E-state index contributed by atoms with van der Waals surface area (Å²) in [5.41, 5.74) is 1.95. The van der Waals surface area contributed by atoms with Crippen molar-refractivity contribution in [3.8, 4) is 5.75 Å². The summed E-state index contributed by atoms with van der Waals surface area (Å²) in [7, 11) is 1.37. The van der Waals surface area contributed by atoms with Gasteiger partial charge in [0.1, 0.15) is 17.1 Å². The van der Waals surface area contributed by atoms with Crippen LogP contribution in [0, 0.1) is 5.82 Å². The zero-order chi connectivity index (χ0) is 11.3. The maximum atomic E-state index is 13.3. The first-order valence-corrected chi connectivity index (χ1v) is 4.45. The molecule has 15 heavy (non-hydrogen) atoms. The number of amides is 1. The zero-order valence-electron chi connectivity index (χ0n) is 8.54. The fraction of sp³-hybridized carbons (Fsp3) is 0.300. The Morgan fingerprint density at radius 3 is 2.87 bits per heavy atom. The van der Waals surface area contributed by atoms with Gasteiger partial charge in [-0.15, -0.1) is 0 Å². The van der Waals surface area contributed by atoms with Crippen LogP contribution in [0.15, 0.2) is 18.2 Å². The molecule has 1 rings (SSSR count). The molecule has 1 aromatic carbocycles. The number of halogens is 1. The van der Waals surface area contributed by atoms with E-state index in [1.165, 1.54) is 25.3 Å². The molecule has 0 fully saturated rings. The second-order valence-electron chi connectivity index (χ2n) is 2.68. The van der Waals surface area contributed by atoms with Crippen molar-refractivity contribution in [2.75, 3.05) is 13.7 Å². The third kappa shape index (κ3) is 2.66. The molecule has 0 spiro atoms. The van der Waals surface area contributed by atoms with Crippen molar-refractivity contribution in [1.29, 1.82) is 0 Å². The molecule has 0 radical (unpaired) electrons. The van der Waals surface area contributed by atoms with E-state index in [-0.39, 0.29) is 11.3 Å². The van der Waals surface area contributed by atoms with E-state index >= 15 is 0 Å². The molecule has 0 aromatic heterocycles. The van der Waals surface area contributed by atoms with Gasteiger partial charge >= 0.3 is 0 Å². The van der Waals surface area contributed by atoms with Gasteiger partial charge in [0, 0.05) is 0 Å². The second kappa shape index (κ2) is 5.31. The van der Waals surface area contributed by atoms with Crippen LogP contribution < -0.4 is 10.2 Å². The van der Waals surface area contributed by atoms with Crippen molar-refractivity contribution in [2.24, 2.45) is 0 Å². The van der Waals surface area contributed by atoms with Crippen LogP contribution >= 0.6 is 0 Å². The Hall–Kier alpha value is -1.62. The number of carbonyl (C=O) groups excluding carboxylic acids is 1. The molecule has 0 bridgehead atoms. The van der Waals surface area contributed by atoms with E-state index in [0.717, 1.165) is 0 Å². The molecule has 0 unspecified atom stereocenters. The number of rotatable bonds is 4. The van der Waals surface area contributed by atoms with Crippen LogP contribution in [0.25, 0.3) is 0 Å². The van der Waals surface area contributed by atoms with E-state index in [9.17, 15) is 9.18 Å². The molecule has 5 heteroatoms. The van der Waals surface area contributed by atoms with Crippen LogP contribution in [0.2, 0.25) is 0 Å². The maximum Gasteiger partial charge on any atom is 0.281 e. The van der Waals surface area contributed by atoms with E-state index < -0.39 is 11.7 Å². The van der Waals surface area contributed by atoms with Gasteiger partial charge in [0.25, 0.3) is 5.91 Å². The minimum atomic E-state index is -0.660. The number of hydrogen-bond acceptors (Lipinski definition) is 3. The summed E-state index contributed by atoms with van der Waals surface area (Å²) >= 11 is 0. The summed E-state index contributed by atoms with van der Waals surface area (Å²) in [5.74, 6) is -1.13. The summed E-state index contributed by atoms with van der Waals surface area (Å²) in [5, 5.41) is 0. The summed E-state index contributed by atoms with van der Waals surface area (Å²) in [6.07, 6.45) is 0. The van der Waals surface area contributed by atoms with E-state index in [4.69, 9.17) is 4.74 Å². The van der Waals surface area contributed by atoms with Gasteiger partial charge in [0.05, 0.1) is 13.7 Å². The minimum absolute atomic E-state index is 0.159. The van der Waals surface area contributed by atoms with Gasteiger partial charge in [0.2, 0.25) is 0 Å². The Balaban J connectivity index is 2.95. The highest BCUT2D eigenvalue weighted by atomic mass is 19.1. The van der Waals surface area contributed by atoms with Gasteiger partial charge < -0.3 is 4.74 Å². The molecule has 0 aliphatic heterocycles. The highest BCUT2D eigenvalue weighted by Crippen LogP contribution is 2.20. The summed E-state index contributed by atoms with van der Waals surface area (Å²) in [4.78, 5) is 16.1. The molecule has 0 aliphatic carbocycles. The normalized spacial score (nSPS) is 9.80. The zero-order valence-corrected chi connectivity index (χ0v) is 8.54. The molecule has 0 saturated heterocycles. The Labute approximate surface area is 86.9 Å². The van der Waals surface area contributed by atoms with Crippen molar-refractivity contribution in [3.05, 3.63) is 29.6 Å². The predicted molar refractivity (Wildman–Crippen MR) is 52.0 cm³/mol. The van der Waals surface area contributed by atoms with Crippen molar-refractivity contribution in [3.63, 3.8) is 0 Å². The first kappa shape index (κ1) is 11.5. The standard InChI is InChI=1S/C10H12FNO3/c1-3-15-12-10(13)9-7(11)5-4-6-8(9)14-2/h4-6H,3H2,1-2H3,(H,12,13). The van der Waals surface area contributed by atoms with Crippen molar-refractivity contribution in [2.45, 2.75) is 6.92 Å². The van der Waals surface area contributed by atoms with E-state index in [2.05, 4.69) is 10.3 Å². The third-order valence-corrected chi connectivity index (χ3v) is 1.73. The van der Waals surface area contributed by atoms with Crippen molar-refractivity contribution in [1.82, 2.24) is 5.48 Å². The van der Waals surface area contributed by atoms with Crippen LogP contribution in [0.4, 0.5) is 4.39 Å². The smallest absolute Gasteiger partial charge is 0.281 e. The molecule has 1 amide bonds. The molecule has 1 aromatic rings. The average Bonchev–Trinajstić information content (AvgIpc) is 2.25. The first-order valence-electron chi connectivity index (χ1n) is 4.45. The number of carbonyl (C=O) groups is 1. The highest BCUT2D eigenvalue weighted by molar-refractivity contribution is 5.96. The van der Waals surface area contributed by atoms with E-state index in [0.29, 0.717) is 6.61 Å². The first-order chi connectivity index (χ1) is 7.20. The van der Waals surface area contributed by atoms with Crippen molar-refractivity contribution >= 4 is 5.91 Å². The number of benzene rings is 1. The lowest BCUT2D eigenvalue weighted by Gasteiger charge is -2.09. The molecule has 4 nitrogen and oxygen atoms in total. The van der Waals surface area contributed by atoms with Crippen LogP contribution in [-0.2, 0) is 4.84 Å². The van der Waals surface area contributed by atoms with Crippen LogP contribution in [0.5, 0.6) is 5.75 Å². The number of ether oxygens (including phenoxy) is 1. The Morgan fingerprint density at radius 1 is 1.53 bits per heavy atom. The fourth-order valence-corrected chi connectivity index (χ4v) is 1.08. The molecular weight excluding hydrogens is 201 g/mol. The summed E-state index contributed by atoms with van der Waals surface area (Å²) in [6.45, 7) is 2.02. The molecule has 1 N–H and O–H groups in total. The number of nitrogens with one attached hydrogen (secondary N) is 1. The lowest BCUT2D eigenvalue weighted by molar-refractivity contribution is 0.0358. The molecule has 0 atom stereocenters. The van der Waals surface area contributed by atoms with Gasteiger partial charge in [-0.05, 0) is 19.1 Å². The second-order valence-corrected chi connectivity index (χ2v) is 2.68. The lowest BCUT2D eigenvalue weighted by atomic mass is 10.2. The fourth-order valence-electron chi connectivity index (χ4n) is 1.08. The summed E-state index contributed by atoms with van der Waals surface area (Å²) in [6, 6.07) is 4.15. The van der Waals surface area contributed by atoms with E-state index in [1.807, 2.05) is 0 Å². The van der Waals surface area contributed by atoms with Gasteiger partial charge in [0.15, 0.2) is 0 Å². The molecule has 82 valence electrons. The Kier molecular flexibility index (Phi) is 4.05. The van der Waals surface area contributed by atoms with Gasteiger partial charge in [-0.1, -0.05) is 6.07 Å². The van der Waals surface area contributed by atoms with Crippen LogP contribution in [-0.4, -0.2) is 19.6 Å². The molecular formula is C10H12FNO3. The highest BCUT2D eigenvalue weighted by Gasteiger charge is 2.17. The van der Waals surface area contributed by atoms with Crippen LogP contribution in [0.1, 0.15) is 17.3 Å². The quantitative estimate of drug-likeness (QED) is 0.771.